The van der Waals surface area contributed by atoms with Gasteiger partial charge in [0.05, 0.1) is 10.6 Å². The third-order valence-corrected chi connectivity index (χ3v) is 6.41. The van der Waals surface area contributed by atoms with Gasteiger partial charge in [-0.3, -0.25) is 9.59 Å². The highest BCUT2D eigenvalue weighted by Gasteiger charge is 2.43. The number of nitrogens with one attached hydrogen (secondary N) is 1. The molecule has 4 nitrogen and oxygen atoms in total. The number of carbonyl (C=O) groups excluding carboxylic acids is 2. The second kappa shape index (κ2) is 9.37. The van der Waals surface area contributed by atoms with Gasteiger partial charge >= 0.3 is 0 Å². The van der Waals surface area contributed by atoms with E-state index in [9.17, 15) is 14.0 Å². The molecule has 2 amide bonds. The summed E-state index contributed by atoms with van der Waals surface area (Å²) in [5, 5.41) is 3.12. The third kappa shape index (κ3) is 5.05. The summed E-state index contributed by atoms with van der Waals surface area (Å²) in [7, 11) is 0. The fourth-order valence-corrected chi connectivity index (χ4v) is 4.98. The van der Waals surface area contributed by atoms with Gasteiger partial charge < -0.3 is 10.2 Å². The van der Waals surface area contributed by atoms with Crippen molar-refractivity contribution >= 4 is 46.8 Å². The molecule has 8 heteroatoms. The van der Waals surface area contributed by atoms with Crippen molar-refractivity contribution in [3.05, 3.63) is 69.5 Å². The van der Waals surface area contributed by atoms with Gasteiger partial charge in [0.25, 0.3) is 5.91 Å². The van der Waals surface area contributed by atoms with E-state index in [1.54, 1.807) is 24.3 Å². The molecule has 0 spiro atoms. The average Bonchev–Trinajstić information content (AvgIpc) is 3.11. The molecule has 0 radical (unpaired) electrons. The Labute approximate surface area is 183 Å². The van der Waals surface area contributed by atoms with Gasteiger partial charge in [-0.25, -0.2) is 4.39 Å². The van der Waals surface area contributed by atoms with E-state index < -0.39 is 11.4 Å². The molecule has 29 heavy (non-hydrogen) atoms. The van der Waals surface area contributed by atoms with Crippen LogP contribution >= 0.6 is 35.0 Å². The molecule has 0 bridgehead atoms. The Hall–Kier alpha value is -1.76. The first-order chi connectivity index (χ1) is 13.8. The van der Waals surface area contributed by atoms with Crippen molar-refractivity contribution < 1.29 is 14.0 Å². The van der Waals surface area contributed by atoms with Gasteiger partial charge in [0, 0.05) is 17.3 Å². The number of hydrogen-bond donors (Lipinski definition) is 1. The zero-order chi connectivity index (χ0) is 21.1. The molecule has 0 aliphatic carbocycles. The maximum absolute atomic E-state index is 13.4. The highest BCUT2D eigenvalue weighted by molar-refractivity contribution is 7.99. The minimum atomic E-state index is -0.659. The number of carbonyl (C=O) groups is 2. The second-order valence-electron chi connectivity index (χ2n) is 7.23. The highest BCUT2D eigenvalue weighted by atomic mass is 35.5. The van der Waals surface area contributed by atoms with Crippen LogP contribution in [0.15, 0.2) is 42.5 Å². The second-order valence-corrected chi connectivity index (χ2v) is 9.19. The molecule has 1 heterocycles. The molecular formula is C21H21Cl2FN2O2S. The molecule has 2 unspecified atom stereocenters. The number of benzene rings is 2. The van der Waals surface area contributed by atoms with Gasteiger partial charge in [-0.15, -0.1) is 11.8 Å². The summed E-state index contributed by atoms with van der Waals surface area (Å²) in [6, 6.07) is 9.94. The first-order valence-corrected chi connectivity index (χ1v) is 11.0. The molecule has 2 atom stereocenters. The van der Waals surface area contributed by atoms with Crippen LogP contribution in [-0.4, -0.2) is 35.1 Å². The van der Waals surface area contributed by atoms with E-state index in [2.05, 4.69) is 5.32 Å². The van der Waals surface area contributed by atoms with Crippen LogP contribution in [0.5, 0.6) is 0 Å². The van der Waals surface area contributed by atoms with Crippen LogP contribution in [-0.2, 0) is 4.79 Å². The molecule has 154 valence electrons. The van der Waals surface area contributed by atoms with E-state index in [1.807, 2.05) is 13.8 Å². The van der Waals surface area contributed by atoms with Gasteiger partial charge in [0.15, 0.2) is 0 Å². The molecule has 0 aromatic heterocycles. The Kier molecular flexibility index (Phi) is 7.09. The zero-order valence-corrected chi connectivity index (χ0v) is 18.3. The Balaban J connectivity index is 1.96. The maximum Gasteiger partial charge on any atom is 0.257 e. The molecule has 1 saturated heterocycles. The van der Waals surface area contributed by atoms with Gasteiger partial charge in [0.1, 0.15) is 17.2 Å². The van der Waals surface area contributed by atoms with Crippen molar-refractivity contribution in [1.29, 1.82) is 0 Å². The molecule has 1 aliphatic heterocycles. The molecule has 3 rings (SSSR count). The summed E-state index contributed by atoms with van der Waals surface area (Å²) >= 11 is 13.7. The van der Waals surface area contributed by atoms with Crippen molar-refractivity contribution in [3.8, 4) is 0 Å². The fourth-order valence-electron chi connectivity index (χ4n) is 3.07. The van der Waals surface area contributed by atoms with Crippen LogP contribution in [0.25, 0.3) is 0 Å². The molecule has 1 fully saturated rings. The first-order valence-electron chi connectivity index (χ1n) is 9.20. The van der Waals surface area contributed by atoms with Gasteiger partial charge in [-0.1, -0.05) is 49.2 Å². The monoisotopic (exact) mass is 454 g/mol. The van der Waals surface area contributed by atoms with E-state index in [0.29, 0.717) is 17.3 Å². The Morgan fingerprint density at radius 1 is 1.21 bits per heavy atom. The van der Waals surface area contributed by atoms with E-state index in [4.69, 9.17) is 23.2 Å². The smallest absolute Gasteiger partial charge is 0.257 e. The largest absolute Gasteiger partial charge is 0.354 e. The van der Waals surface area contributed by atoms with Crippen LogP contribution in [0.2, 0.25) is 10.0 Å². The average molecular weight is 455 g/mol. The summed E-state index contributed by atoms with van der Waals surface area (Å²) in [5.41, 5.74) is 1.02. The van der Waals surface area contributed by atoms with E-state index >= 15 is 0 Å². The summed E-state index contributed by atoms with van der Waals surface area (Å²) in [5.74, 6) is -0.217. The van der Waals surface area contributed by atoms with Crippen LogP contribution in [0.3, 0.4) is 0 Å². The Morgan fingerprint density at radius 2 is 1.90 bits per heavy atom. The van der Waals surface area contributed by atoms with Crippen molar-refractivity contribution in [2.24, 2.45) is 5.92 Å². The summed E-state index contributed by atoms with van der Waals surface area (Å²) in [6.45, 7) is 4.52. The summed E-state index contributed by atoms with van der Waals surface area (Å²) in [6.07, 6.45) is 0. The minimum absolute atomic E-state index is 0.214. The minimum Gasteiger partial charge on any atom is -0.354 e. The van der Waals surface area contributed by atoms with Crippen LogP contribution < -0.4 is 5.32 Å². The quantitative estimate of drug-likeness (QED) is 0.678. The SMILES string of the molecule is CC(C)CNC(=O)C1CSC(c2ccc(F)cc2)N1C(=O)c1ccc(Cl)cc1Cl. The lowest BCUT2D eigenvalue weighted by atomic mass is 10.1. The molecule has 2 aromatic rings. The fraction of sp³-hybridized carbons (Fsp3) is 0.333. The van der Waals surface area contributed by atoms with Crippen molar-refractivity contribution in [1.82, 2.24) is 10.2 Å². The highest BCUT2D eigenvalue weighted by Crippen LogP contribution is 2.43. The third-order valence-electron chi connectivity index (χ3n) is 4.54. The van der Waals surface area contributed by atoms with Gasteiger partial charge in [-0.05, 0) is 41.8 Å². The van der Waals surface area contributed by atoms with Crippen molar-refractivity contribution in [2.45, 2.75) is 25.3 Å². The topological polar surface area (TPSA) is 49.4 Å². The summed E-state index contributed by atoms with van der Waals surface area (Å²) < 4.78 is 13.4. The number of hydrogen-bond acceptors (Lipinski definition) is 3. The first kappa shape index (κ1) is 21.9. The van der Waals surface area contributed by atoms with Gasteiger partial charge in [-0.2, -0.15) is 0 Å². The van der Waals surface area contributed by atoms with Crippen LogP contribution in [0.4, 0.5) is 4.39 Å². The molecule has 0 saturated carbocycles. The van der Waals surface area contributed by atoms with E-state index in [0.717, 1.165) is 5.56 Å². The lowest BCUT2D eigenvalue weighted by molar-refractivity contribution is -0.125. The molecule has 2 aromatic carbocycles. The number of rotatable bonds is 5. The predicted molar refractivity (Wildman–Crippen MR) is 116 cm³/mol. The number of thioether (sulfide) groups is 1. The number of amides is 2. The van der Waals surface area contributed by atoms with Gasteiger partial charge in [0.2, 0.25) is 5.91 Å². The number of nitrogens with zero attached hydrogens (tertiary/aromatic N) is 1. The lowest BCUT2D eigenvalue weighted by Gasteiger charge is -2.29. The van der Waals surface area contributed by atoms with Crippen LogP contribution in [0, 0.1) is 11.7 Å². The predicted octanol–water partition coefficient (Wildman–Crippen LogP) is 5.16. The molecule has 1 aliphatic rings. The van der Waals surface area contributed by atoms with E-state index in [1.165, 1.54) is 34.9 Å². The van der Waals surface area contributed by atoms with E-state index in [-0.39, 0.29) is 34.1 Å². The normalized spacial score (nSPS) is 18.9. The Morgan fingerprint density at radius 3 is 2.52 bits per heavy atom. The lowest BCUT2D eigenvalue weighted by Crippen LogP contribution is -2.48. The molecular weight excluding hydrogens is 434 g/mol. The van der Waals surface area contributed by atoms with Crippen molar-refractivity contribution in [3.63, 3.8) is 0 Å². The van der Waals surface area contributed by atoms with Crippen molar-refractivity contribution in [2.75, 3.05) is 12.3 Å². The summed E-state index contributed by atoms with van der Waals surface area (Å²) in [4.78, 5) is 27.8. The molecule has 1 N–H and O–H groups in total. The number of halogens is 3. The van der Waals surface area contributed by atoms with Crippen LogP contribution in [0.1, 0.15) is 35.1 Å². The zero-order valence-electron chi connectivity index (χ0n) is 16.0. The maximum atomic E-state index is 13.4. The Bertz CT molecular complexity index is 908. The standard InChI is InChI=1S/C21H21Cl2FN2O2S/c1-12(2)10-25-19(27)18-11-29-21(13-3-6-15(24)7-4-13)26(18)20(28)16-8-5-14(22)9-17(16)23/h3-9,12,18,21H,10-11H2,1-2H3,(H,25,27).